The molecule has 3 N–H and O–H groups in total. The number of esters is 1. The fraction of sp³-hybridized carbons (Fsp3) is 0.576. The summed E-state index contributed by atoms with van der Waals surface area (Å²) in [6.07, 6.45) is 4.69. The first kappa shape index (κ1) is 30.8. The second-order valence-corrected chi connectivity index (χ2v) is 13.2. The van der Waals surface area contributed by atoms with Gasteiger partial charge in [-0.15, -0.1) is 0 Å². The van der Waals surface area contributed by atoms with Gasteiger partial charge in [0.15, 0.2) is 12.4 Å². The number of carboxylic acids is 1. The highest BCUT2D eigenvalue weighted by Crippen LogP contribution is 2.66. The number of ketones is 3. The number of allylic oxidation sites excluding steroid dienone is 1. The number of ether oxygens (including phenoxy) is 1. The molecule has 3 unspecified atom stereocenters. The van der Waals surface area contributed by atoms with E-state index in [4.69, 9.17) is 9.84 Å². The molecule has 0 heterocycles. The minimum atomic E-state index is -1.80. The summed E-state index contributed by atoms with van der Waals surface area (Å²) in [5, 5.41) is 23.4. The summed E-state index contributed by atoms with van der Waals surface area (Å²) in [5.41, 5.74) is -1.25. The van der Waals surface area contributed by atoms with E-state index in [-0.39, 0.29) is 72.5 Å². The molecule has 1 amide bonds. The van der Waals surface area contributed by atoms with Crippen molar-refractivity contribution in [3.8, 4) is 0 Å². The third-order valence-corrected chi connectivity index (χ3v) is 10.9. The van der Waals surface area contributed by atoms with Gasteiger partial charge in [-0.1, -0.05) is 31.6 Å². The summed E-state index contributed by atoms with van der Waals surface area (Å²) in [4.78, 5) is 74.7. The maximum atomic E-state index is 13.7. The summed E-state index contributed by atoms with van der Waals surface area (Å²) in [5.74, 6) is -2.95. The van der Waals surface area contributed by atoms with E-state index >= 15 is 0 Å². The van der Waals surface area contributed by atoms with Gasteiger partial charge < -0.3 is 20.3 Å². The fourth-order valence-corrected chi connectivity index (χ4v) is 8.45. The van der Waals surface area contributed by atoms with E-state index in [1.54, 1.807) is 18.2 Å². The second-order valence-electron chi connectivity index (χ2n) is 13.2. The topological polar surface area (TPSA) is 164 Å². The van der Waals surface area contributed by atoms with Crippen LogP contribution in [0.4, 0.5) is 0 Å². The SMILES string of the molecule is C[C@]12CCC(=O)C=C1CCC1C2C(=O)C[C@@]2(C)C1CC[C@]2(O)C(=O)COC(=O)CCC(=O)NCc1ccc(C(=O)O)cc1. The van der Waals surface area contributed by atoms with E-state index < -0.39 is 41.3 Å². The van der Waals surface area contributed by atoms with Gasteiger partial charge >= 0.3 is 11.9 Å². The molecule has 3 saturated carbocycles. The number of aromatic carboxylic acids is 1. The number of hydrogen-bond donors (Lipinski definition) is 3. The molecule has 10 heteroatoms. The van der Waals surface area contributed by atoms with Crippen LogP contribution in [-0.2, 0) is 35.3 Å². The van der Waals surface area contributed by atoms with E-state index in [1.807, 2.05) is 6.92 Å². The van der Waals surface area contributed by atoms with Crippen LogP contribution in [0.3, 0.4) is 0 Å². The quantitative estimate of drug-likeness (QED) is 0.364. The third kappa shape index (κ3) is 5.46. The first-order valence-corrected chi connectivity index (χ1v) is 15.1. The number of aliphatic hydroxyl groups is 1. The van der Waals surface area contributed by atoms with Crippen molar-refractivity contribution in [1.82, 2.24) is 5.32 Å². The summed E-state index contributed by atoms with van der Waals surface area (Å²) in [6, 6.07) is 6.04. The van der Waals surface area contributed by atoms with Crippen LogP contribution in [0, 0.1) is 28.6 Å². The van der Waals surface area contributed by atoms with Crippen LogP contribution in [-0.4, -0.2) is 57.6 Å². The molecule has 0 radical (unpaired) electrons. The molecule has 10 nitrogen and oxygen atoms in total. The van der Waals surface area contributed by atoms with Gasteiger partial charge in [0.2, 0.25) is 11.7 Å². The zero-order valence-electron chi connectivity index (χ0n) is 24.6. The summed E-state index contributed by atoms with van der Waals surface area (Å²) in [6.45, 7) is 3.43. The highest BCUT2D eigenvalue weighted by atomic mass is 16.5. The van der Waals surface area contributed by atoms with Gasteiger partial charge in [0, 0.05) is 37.1 Å². The Morgan fingerprint density at radius 3 is 2.42 bits per heavy atom. The molecule has 43 heavy (non-hydrogen) atoms. The molecule has 6 atom stereocenters. The minimum Gasteiger partial charge on any atom is -0.478 e. The Morgan fingerprint density at radius 2 is 1.72 bits per heavy atom. The molecule has 1 aromatic rings. The van der Waals surface area contributed by atoms with Crippen molar-refractivity contribution >= 4 is 35.2 Å². The number of fused-ring (bicyclic) bond motifs is 5. The lowest BCUT2D eigenvalue weighted by Crippen LogP contribution is -2.61. The van der Waals surface area contributed by atoms with Crippen molar-refractivity contribution in [3.63, 3.8) is 0 Å². The fourth-order valence-electron chi connectivity index (χ4n) is 8.45. The number of rotatable bonds is 9. The van der Waals surface area contributed by atoms with Crippen LogP contribution in [0.15, 0.2) is 35.9 Å². The second kappa shape index (κ2) is 11.4. The molecule has 0 saturated heterocycles. The number of carboxylic acid groups (broad SMARTS) is 1. The van der Waals surface area contributed by atoms with Gasteiger partial charge in [0.25, 0.3) is 0 Å². The third-order valence-electron chi connectivity index (χ3n) is 10.9. The lowest BCUT2D eigenvalue weighted by molar-refractivity contribution is -0.173. The number of carbonyl (C=O) groups excluding carboxylic acids is 5. The molecule has 1 aromatic carbocycles. The first-order chi connectivity index (χ1) is 20.3. The number of carbonyl (C=O) groups is 6. The monoisotopic (exact) mass is 593 g/mol. The lowest BCUT2D eigenvalue weighted by atomic mass is 9.46. The van der Waals surface area contributed by atoms with E-state index in [9.17, 15) is 33.9 Å². The van der Waals surface area contributed by atoms with Gasteiger partial charge in [0.1, 0.15) is 11.4 Å². The van der Waals surface area contributed by atoms with Crippen molar-refractivity contribution in [1.29, 1.82) is 0 Å². The first-order valence-electron chi connectivity index (χ1n) is 15.1. The molecule has 230 valence electrons. The Hall–Kier alpha value is -3.66. The molecule has 4 aliphatic rings. The average Bonchev–Trinajstić information content (AvgIpc) is 3.24. The molecule has 0 aromatic heterocycles. The van der Waals surface area contributed by atoms with Crippen LogP contribution in [0.5, 0.6) is 0 Å². The van der Waals surface area contributed by atoms with E-state index in [2.05, 4.69) is 12.2 Å². The number of Topliss-reactive ketones (excluding diaryl/α,β-unsaturated/α-hetero) is 2. The van der Waals surface area contributed by atoms with Crippen molar-refractivity contribution in [3.05, 3.63) is 47.0 Å². The Morgan fingerprint density at radius 1 is 1.00 bits per heavy atom. The Kier molecular flexibility index (Phi) is 8.19. The largest absolute Gasteiger partial charge is 0.478 e. The maximum Gasteiger partial charge on any atom is 0.335 e. The normalized spacial score (nSPS) is 33.0. The van der Waals surface area contributed by atoms with Gasteiger partial charge in [-0.3, -0.25) is 24.0 Å². The van der Waals surface area contributed by atoms with Crippen LogP contribution >= 0.6 is 0 Å². The van der Waals surface area contributed by atoms with Crippen LogP contribution in [0.25, 0.3) is 0 Å². The van der Waals surface area contributed by atoms with Crippen LogP contribution in [0.2, 0.25) is 0 Å². The maximum absolute atomic E-state index is 13.7. The van der Waals surface area contributed by atoms with Crippen LogP contribution in [0.1, 0.15) is 87.6 Å². The van der Waals surface area contributed by atoms with Crippen molar-refractivity contribution < 1.29 is 43.7 Å². The zero-order valence-corrected chi connectivity index (χ0v) is 24.6. The van der Waals surface area contributed by atoms with Crippen molar-refractivity contribution in [2.24, 2.45) is 28.6 Å². The van der Waals surface area contributed by atoms with Gasteiger partial charge in [-0.2, -0.15) is 0 Å². The Labute approximate surface area is 250 Å². The molecule has 0 bridgehead atoms. The van der Waals surface area contributed by atoms with Crippen LogP contribution < -0.4 is 5.32 Å². The molecule has 0 spiro atoms. The number of nitrogens with one attached hydrogen (secondary N) is 1. The summed E-state index contributed by atoms with van der Waals surface area (Å²) >= 11 is 0. The smallest absolute Gasteiger partial charge is 0.335 e. The molecule has 3 fully saturated rings. The van der Waals surface area contributed by atoms with Gasteiger partial charge in [-0.25, -0.2) is 4.79 Å². The molecular formula is C33H39NO9. The number of benzene rings is 1. The van der Waals surface area contributed by atoms with Gasteiger partial charge in [-0.05, 0) is 73.1 Å². The Bertz CT molecular complexity index is 1400. The summed E-state index contributed by atoms with van der Waals surface area (Å²) < 4.78 is 5.18. The highest BCUT2D eigenvalue weighted by Gasteiger charge is 2.68. The lowest BCUT2D eigenvalue weighted by Gasteiger charge is -2.57. The van der Waals surface area contributed by atoms with Gasteiger partial charge in [0.05, 0.1) is 12.0 Å². The molecular weight excluding hydrogens is 554 g/mol. The predicted molar refractivity (Wildman–Crippen MR) is 152 cm³/mol. The van der Waals surface area contributed by atoms with E-state index in [1.165, 1.54) is 12.1 Å². The molecule has 0 aliphatic heterocycles. The predicted octanol–water partition coefficient (Wildman–Crippen LogP) is 3.34. The Balaban J connectivity index is 1.14. The van der Waals surface area contributed by atoms with E-state index in [0.717, 1.165) is 18.4 Å². The molecule has 4 aliphatic carbocycles. The number of amides is 1. The number of hydrogen-bond acceptors (Lipinski definition) is 8. The van der Waals surface area contributed by atoms with Crippen molar-refractivity contribution in [2.45, 2.75) is 83.8 Å². The highest BCUT2D eigenvalue weighted by molar-refractivity contribution is 5.95. The zero-order chi connectivity index (χ0) is 31.2. The average molecular weight is 594 g/mol. The standard InChI is InChI=1S/C33H39NO9/c1-31-13-11-22(35)15-21(31)7-8-23-24-12-14-33(42,32(24,2)16-25(36)29(23)31)26(37)18-43-28(39)10-9-27(38)34-17-19-3-5-20(6-4-19)30(40)41/h3-6,15,23-24,29,42H,7-14,16-18H2,1-2H3,(H,34,38)(H,40,41)/t23?,24?,29?,31-,32-,33-/m0/s1. The van der Waals surface area contributed by atoms with E-state index in [0.29, 0.717) is 24.8 Å². The summed E-state index contributed by atoms with van der Waals surface area (Å²) in [7, 11) is 0. The minimum absolute atomic E-state index is 0.0135. The van der Waals surface area contributed by atoms with Crippen molar-refractivity contribution in [2.75, 3.05) is 6.61 Å². The molecule has 5 rings (SSSR count).